The van der Waals surface area contributed by atoms with Crippen molar-refractivity contribution in [1.29, 1.82) is 0 Å². The average molecular weight is 1200 g/mol. The number of nitrogens with one attached hydrogen (secondary N) is 3. The Bertz CT molecular complexity index is 3830. The third kappa shape index (κ3) is 11.0. The first-order valence-corrected chi connectivity index (χ1v) is 30.8. The van der Waals surface area contributed by atoms with Crippen LogP contribution in [0.15, 0.2) is 271 Å². The van der Waals surface area contributed by atoms with Gasteiger partial charge in [0.2, 0.25) is 11.5 Å². The third-order valence-electron chi connectivity index (χ3n) is 17.1. The number of benzene rings is 8. The van der Waals surface area contributed by atoms with Gasteiger partial charge in [0.1, 0.15) is 27.3 Å². The number of halogens is 1. The second-order valence-corrected chi connectivity index (χ2v) is 23.8. The fraction of sp³-hybridized carbons (Fsp3) is 0.178. The molecular weight excluding hydrogens is 1140 g/mol. The Hall–Kier alpha value is -9.73. The minimum absolute atomic E-state index is 0.000270. The zero-order valence-electron chi connectivity index (χ0n) is 48.0. The molecule has 0 bridgehead atoms. The molecule has 13 nitrogen and oxygen atoms in total. The molecule has 88 heavy (non-hydrogen) atoms. The summed E-state index contributed by atoms with van der Waals surface area (Å²) in [4.78, 5) is 76.0. The summed E-state index contributed by atoms with van der Waals surface area (Å²) in [5.41, 5.74) is 4.70. The van der Waals surface area contributed by atoms with Crippen LogP contribution in [0.5, 0.6) is 0 Å². The lowest BCUT2D eigenvalue weighted by atomic mass is 9.77. The molecule has 4 aliphatic rings. The molecule has 0 spiro atoms. The molecule has 4 aliphatic heterocycles. The maximum absolute atomic E-state index is 15.8. The van der Waals surface area contributed by atoms with E-state index in [-0.39, 0.29) is 33.4 Å². The van der Waals surface area contributed by atoms with Gasteiger partial charge in [-0.1, -0.05) is 271 Å². The van der Waals surface area contributed by atoms with Crippen LogP contribution in [0.1, 0.15) is 82.0 Å². The van der Waals surface area contributed by atoms with Gasteiger partial charge in [-0.25, -0.2) is 9.78 Å². The molecular formula is C73H62ClN7O6S. The van der Waals surface area contributed by atoms with E-state index in [0.717, 1.165) is 52.1 Å². The molecule has 0 aliphatic carbocycles. The zero-order chi connectivity index (χ0) is 60.0. The number of hydrogen-bond acceptors (Lipinski definition) is 11. The third-order valence-corrected chi connectivity index (χ3v) is 18.3. The molecule has 3 atom stereocenters. The van der Waals surface area contributed by atoms with Gasteiger partial charge in [0, 0.05) is 41.4 Å². The second kappa shape index (κ2) is 25.3. The summed E-state index contributed by atoms with van der Waals surface area (Å²) in [6.45, 7) is 2.10. The molecule has 13 rings (SSSR count). The maximum Gasteiger partial charge on any atom is 0.356 e. The van der Waals surface area contributed by atoms with Crippen molar-refractivity contribution in [3.05, 3.63) is 320 Å². The van der Waals surface area contributed by atoms with Gasteiger partial charge in [-0.05, 0) is 71.7 Å². The number of hydrogen-bond donors (Lipinski definition) is 3. The number of carbonyl (C=O) groups is 4. The standard InChI is InChI=1S/C73H62ClN7O6S/c74-66-62(77-71(88-66)78-72(53-29-13-3-14-30-53,54-31-15-4-16-32-54)55-33-17-5-18-34-55)63(79-87-73(56-35-19-6-20-36-56,57-37-21-7-22-38-57)58-39-23-8-24-40-58)67(82)76-61-60-42-41-51(47-52-44-46-80(68(52)83)59-43-45-75-48-59)64(81(60)69(61)84)70(85)86-65(49-25-9-1-10-26-49)50-27-11-2-12-28-50/h1-40,47,59-61,65,75H,41-46,48H2,(H,76,82)(H,77,78)/t59-,60-,61+/m1/s1. The van der Waals surface area contributed by atoms with E-state index < -0.39 is 47.1 Å². The lowest BCUT2D eigenvalue weighted by Gasteiger charge is -2.50. The summed E-state index contributed by atoms with van der Waals surface area (Å²) in [6.07, 6.45) is 2.93. The first kappa shape index (κ1) is 57.3. The highest BCUT2D eigenvalue weighted by molar-refractivity contribution is 7.20. The van der Waals surface area contributed by atoms with Gasteiger partial charge < -0.3 is 30.4 Å². The SMILES string of the molecule is O=C(N[C@@H]1C(=O)N2C(C(=O)OC(c3ccccc3)c3ccccc3)=C(C=C3CCN([C@@H]4CCNC4)C3=O)CC[C@H]12)C(=NOC(c1ccccc1)(c1ccccc1)c1ccccc1)c1nc(NC(c2ccccc2)(c2ccccc2)c2ccccc2)sc1Cl. The van der Waals surface area contributed by atoms with E-state index in [4.69, 9.17) is 31.3 Å². The molecule has 8 aromatic carbocycles. The molecule has 3 N–H and O–H groups in total. The number of fused-ring (bicyclic) bond motifs is 1. The van der Waals surface area contributed by atoms with E-state index in [9.17, 15) is 4.79 Å². The summed E-state index contributed by atoms with van der Waals surface area (Å²) in [7, 11) is 0. The van der Waals surface area contributed by atoms with Crippen LogP contribution < -0.4 is 16.0 Å². The van der Waals surface area contributed by atoms with Crippen molar-refractivity contribution < 1.29 is 28.8 Å². The Labute approximate surface area is 520 Å². The van der Waals surface area contributed by atoms with Gasteiger partial charge in [-0.15, -0.1) is 0 Å². The molecule has 0 saturated carbocycles. The van der Waals surface area contributed by atoms with Crippen molar-refractivity contribution in [2.45, 2.75) is 61.1 Å². The zero-order valence-corrected chi connectivity index (χ0v) is 49.5. The van der Waals surface area contributed by atoms with Gasteiger partial charge in [0.05, 0.1) is 6.04 Å². The number of allylic oxidation sites excluding steroid dienone is 2. The van der Waals surface area contributed by atoms with Crippen LogP contribution in [0.2, 0.25) is 4.34 Å². The fourth-order valence-electron chi connectivity index (χ4n) is 12.8. The van der Waals surface area contributed by atoms with E-state index in [1.807, 2.05) is 211 Å². The lowest BCUT2D eigenvalue weighted by Crippen LogP contribution is -2.72. The highest BCUT2D eigenvalue weighted by Gasteiger charge is 2.55. The average Bonchev–Trinajstić information content (AvgIpc) is 1.19. The number of amides is 3. The molecule has 3 amide bonds. The van der Waals surface area contributed by atoms with Crippen LogP contribution in [-0.2, 0) is 39.9 Å². The van der Waals surface area contributed by atoms with Crippen molar-refractivity contribution in [1.82, 2.24) is 25.4 Å². The number of aromatic nitrogens is 1. The fourth-order valence-corrected chi connectivity index (χ4v) is 13.9. The second-order valence-electron chi connectivity index (χ2n) is 22.2. The Kier molecular flexibility index (Phi) is 16.5. The van der Waals surface area contributed by atoms with E-state index in [1.165, 1.54) is 4.90 Å². The Morgan fingerprint density at radius 1 is 0.648 bits per heavy atom. The van der Waals surface area contributed by atoms with Gasteiger partial charge in [0.25, 0.3) is 11.8 Å². The predicted molar refractivity (Wildman–Crippen MR) is 342 cm³/mol. The first-order valence-electron chi connectivity index (χ1n) is 29.7. The van der Waals surface area contributed by atoms with Crippen molar-refractivity contribution in [2.75, 3.05) is 25.0 Å². The number of oxime groups is 1. The van der Waals surface area contributed by atoms with Gasteiger partial charge in [0.15, 0.2) is 16.9 Å². The number of anilines is 1. The minimum atomic E-state index is -1.44. The number of carbonyl (C=O) groups excluding carboxylic acids is 4. The number of β-lactam (4-membered cyclic amide) rings is 1. The smallest absolute Gasteiger partial charge is 0.356 e. The Morgan fingerprint density at radius 2 is 1.12 bits per heavy atom. The van der Waals surface area contributed by atoms with Crippen molar-refractivity contribution in [3.8, 4) is 0 Å². The largest absolute Gasteiger partial charge is 0.448 e. The molecule has 9 aromatic rings. The summed E-state index contributed by atoms with van der Waals surface area (Å²) >= 11 is 8.57. The lowest BCUT2D eigenvalue weighted by molar-refractivity contribution is -0.158. The highest BCUT2D eigenvalue weighted by atomic mass is 35.5. The number of likely N-dealkylation sites (tertiary alicyclic amines) is 1. The molecule has 438 valence electrons. The summed E-state index contributed by atoms with van der Waals surface area (Å²) in [5, 5.41) is 15.5. The molecule has 0 unspecified atom stereocenters. The molecule has 1 aromatic heterocycles. The minimum Gasteiger partial charge on any atom is -0.448 e. The monoisotopic (exact) mass is 1200 g/mol. The first-order chi connectivity index (χ1) is 43.2. The summed E-state index contributed by atoms with van der Waals surface area (Å²) in [6, 6.07) is 76.2. The molecule has 3 fully saturated rings. The van der Waals surface area contributed by atoms with Crippen LogP contribution in [0, 0.1) is 0 Å². The molecule has 0 radical (unpaired) electrons. The number of esters is 1. The number of ether oxygens (including phenoxy) is 1. The van der Waals surface area contributed by atoms with E-state index in [0.29, 0.717) is 65.3 Å². The van der Waals surface area contributed by atoms with Crippen molar-refractivity contribution >= 4 is 57.5 Å². The molecule has 15 heteroatoms. The van der Waals surface area contributed by atoms with Gasteiger partial charge in [-0.2, -0.15) is 0 Å². The van der Waals surface area contributed by atoms with Gasteiger partial charge in [-0.3, -0.25) is 19.3 Å². The van der Waals surface area contributed by atoms with Crippen molar-refractivity contribution in [3.63, 3.8) is 0 Å². The van der Waals surface area contributed by atoms with Crippen LogP contribution >= 0.6 is 22.9 Å². The van der Waals surface area contributed by atoms with Crippen molar-refractivity contribution in [2.24, 2.45) is 5.16 Å². The highest BCUT2D eigenvalue weighted by Crippen LogP contribution is 2.45. The summed E-state index contributed by atoms with van der Waals surface area (Å²) in [5.74, 6) is -2.17. The van der Waals surface area contributed by atoms with Crippen LogP contribution in [0.4, 0.5) is 5.13 Å². The number of thiazole rings is 1. The van der Waals surface area contributed by atoms with Crippen LogP contribution in [0.3, 0.4) is 0 Å². The maximum atomic E-state index is 15.8. The quantitative estimate of drug-likeness (QED) is 0.0179. The molecule has 5 heterocycles. The van der Waals surface area contributed by atoms with Crippen LogP contribution in [-0.4, -0.2) is 81.9 Å². The van der Waals surface area contributed by atoms with Crippen LogP contribution in [0.25, 0.3) is 0 Å². The Balaban J connectivity index is 0.903. The predicted octanol–water partition coefficient (Wildman–Crippen LogP) is 12.5. The van der Waals surface area contributed by atoms with E-state index in [1.54, 1.807) is 6.08 Å². The Morgan fingerprint density at radius 3 is 1.60 bits per heavy atom. The topological polar surface area (TPSA) is 155 Å². The number of rotatable bonds is 19. The number of nitrogens with zero attached hydrogens (tertiary/aromatic N) is 4. The van der Waals surface area contributed by atoms with E-state index in [2.05, 4.69) is 52.3 Å². The van der Waals surface area contributed by atoms with Gasteiger partial charge >= 0.3 is 5.97 Å². The normalized spacial score (nSPS) is 18.3. The summed E-state index contributed by atoms with van der Waals surface area (Å²) < 4.78 is 6.65. The van der Waals surface area contributed by atoms with E-state index >= 15 is 14.4 Å². The molecule has 3 saturated heterocycles.